The molecule has 0 aliphatic rings. The SMILES string of the molecule is CC(CS(C)=O)NC(=O)Nc1ccc(CC(=O)O)cc1. The van der Waals surface area contributed by atoms with Crippen LogP contribution in [0.25, 0.3) is 0 Å². The van der Waals surface area contributed by atoms with Crippen molar-refractivity contribution in [1.82, 2.24) is 5.32 Å². The molecule has 1 aromatic carbocycles. The number of carboxylic acid groups (broad SMARTS) is 1. The topological polar surface area (TPSA) is 95.5 Å². The second-order valence-electron chi connectivity index (χ2n) is 4.51. The van der Waals surface area contributed by atoms with Crippen molar-refractivity contribution in [1.29, 1.82) is 0 Å². The zero-order chi connectivity index (χ0) is 15.1. The van der Waals surface area contributed by atoms with E-state index in [2.05, 4.69) is 10.6 Å². The summed E-state index contributed by atoms with van der Waals surface area (Å²) in [5.74, 6) is -0.504. The second-order valence-corrected chi connectivity index (χ2v) is 5.99. The van der Waals surface area contributed by atoms with Crippen LogP contribution in [0.2, 0.25) is 0 Å². The van der Waals surface area contributed by atoms with Crippen LogP contribution in [0.4, 0.5) is 10.5 Å². The number of hydrogen-bond donors (Lipinski definition) is 3. The first-order valence-corrected chi connectivity index (χ1v) is 7.78. The van der Waals surface area contributed by atoms with Crippen molar-refractivity contribution < 1.29 is 18.9 Å². The van der Waals surface area contributed by atoms with Crippen molar-refractivity contribution in [3.05, 3.63) is 29.8 Å². The van der Waals surface area contributed by atoms with Crippen molar-refractivity contribution in [2.75, 3.05) is 17.3 Å². The van der Waals surface area contributed by atoms with Crippen LogP contribution in [0, 0.1) is 0 Å². The number of amides is 2. The molecule has 0 radical (unpaired) electrons. The number of urea groups is 1. The van der Waals surface area contributed by atoms with E-state index in [1.54, 1.807) is 37.4 Å². The van der Waals surface area contributed by atoms with E-state index < -0.39 is 16.8 Å². The molecule has 0 bridgehead atoms. The number of carbonyl (C=O) groups is 2. The number of hydrogen-bond acceptors (Lipinski definition) is 3. The molecule has 0 heterocycles. The molecule has 2 atom stereocenters. The van der Waals surface area contributed by atoms with Gasteiger partial charge in [-0.05, 0) is 24.6 Å². The molecule has 2 unspecified atom stereocenters. The smallest absolute Gasteiger partial charge is 0.319 e. The largest absolute Gasteiger partial charge is 0.481 e. The molecule has 2 amide bonds. The maximum Gasteiger partial charge on any atom is 0.319 e. The van der Waals surface area contributed by atoms with Crippen LogP contribution in [-0.2, 0) is 22.0 Å². The van der Waals surface area contributed by atoms with E-state index in [4.69, 9.17) is 5.11 Å². The van der Waals surface area contributed by atoms with Crippen molar-refractivity contribution in [3.63, 3.8) is 0 Å². The predicted octanol–water partition coefficient (Wildman–Crippen LogP) is 1.20. The second kappa shape index (κ2) is 7.64. The molecule has 0 fully saturated rings. The van der Waals surface area contributed by atoms with Gasteiger partial charge in [0, 0.05) is 34.5 Å². The van der Waals surface area contributed by atoms with Gasteiger partial charge in [0.25, 0.3) is 0 Å². The summed E-state index contributed by atoms with van der Waals surface area (Å²) in [6.45, 7) is 1.77. The maximum atomic E-state index is 11.7. The molecule has 0 spiro atoms. The van der Waals surface area contributed by atoms with Crippen LogP contribution in [0.15, 0.2) is 24.3 Å². The normalized spacial score (nSPS) is 13.3. The summed E-state index contributed by atoms with van der Waals surface area (Å²) in [4.78, 5) is 22.2. The lowest BCUT2D eigenvalue weighted by atomic mass is 10.1. The summed E-state index contributed by atoms with van der Waals surface area (Å²) in [5, 5.41) is 13.9. The summed E-state index contributed by atoms with van der Waals surface area (Å²) in [5.41, 5.74) is 1.24. The van der Waals surface area contributed by atoms with Gasteiger partial charge in [-0.15, -0.1) is 0 Å². The zero-order valence-corrected chi connectivity index (χ0v) is 12.2. The number of aliphatic carboxylic acids is 1. The predicted molar refractivity (Wildman–Crippen MR) is 78.3 cm³/mol. The van der Waals surface area contributed by atoms with Crippen LogP contribution in [0.5, 0.6) is 0 Å². The molecule has 0 aliphatic carbocycles. The van der Waals surface area contributed by atoms with E-state index in [-0.39, 0.29) is 18.5 Å². The van der Waals surface area contributed by atoms with E-state index in [0.717, 1.165) is 0 Å². The fourth-order valence-electron chi connectivity index (χ4n) is 1.67. The quantitative estimate of drug-likeness (QED) is 0.735. The van der Waals surface area contributed by atoms with E-state index in [9.17, 15) is 13.8 Å². The summed E-state index contributed by atoms with van der Waals surface area (Å²) >= 11 is 0. The average molecular weight is 298 g/mol. The fraction of sp³-hybridized carbons (Fsp3) is 0.385. The van der Waals surface area contributed by atoms with Gasteiger partial charge in [-0.25, -0.2) is 4.79 Å². The van der Waals surface area contributed by atoms with Gasteiger partial charge in [0.1, 0.15) is 0 Å². The Morgan fingerprint density at radius 2 is 1.90 bits per heavy atom. The van der Waals surface area contributed by atoms with Gasteiger partial charge in [-0.1, -0.05) is 12.1 Å². The number of rotatable bonds is 6. The number of nitrogens with one attached hydrogen (secondary N) is 2. The third-order valence-corrected chi connectivity index (χ3v) is 3.40. The van der Waals surface area contributed by atoms with Crippen LogP contribution in [-0.4, -0.2) is 39.4 Å². The van der Waals surface area contributed by atoms with E-state index in [1.165, 1.54) is 0 Å². The highest BCUT2D eigenvalue weighted by Gasteiger charge is 2.09. The molecule has 0 saturated carbocycles. The van der Waals surface area contributed by atoms with Gasteiger partial charge in [-0.3, -0.25) is 9.00 Å². The molecule has 0 saturated heterocycles. The van der Waals surface area contributed by atoms with Crippen molar-refractivity contribution >= 4 is 28.5 Å². The van der Waals surface area contributed by atoms with Gasteiger partial charge in [-0.2, -0.15) is 0 Å². The van der Waals surface area contributed by atoms with Crippen molar-refractivity contribution in [2.24, 2.45) is 0 Å². The monoisotopic (exact) mass is 298 g/mol. The van der Waals surface area contributed by atoms with Crippen molar-refractivity contribution in [3.8, 4) is 0 Å². The minimum Gasteiger partial charge on any atom is -0.481 e. The molecule has 6 nitrogen and oxygen atoms in total. The Morgan fingerprint density at radius 3 is 2.40 bits per heavy atom. The van der Waals surface area contributed by atoms with Crippen LogP contribution >= 0.6 is 0 Å². The first kappa shape index (κ1) is 16.2. The molecule has 110 valence electrons. The van der Waals surface area contributed by atoms with Crippen LogP contribution in [0.1, 0.15) is 12.5 Å². The molecule has 1 rings (SSSR count). The van der Waals surface area contributed by atoms with Gasteiger partial charge in [0.05, 0.1) is 6.42 Å². The van der Waals surface area contributed by atoms with Gasteiger partial charge in [0.15, 0.2) is 0 Å². The Balaban J connectivity index is 2.49. The molecule has 20 heavy (non-hydrogen) atoms. The fourth-order valence-corrected chi connectivity index (χ4v) is 2.45. The Bertz CT molecular complexity index is 502. The van der Waals surface area contributed by atoms with E-state index in [0.29, 0.717) is 17.0 Å². The summed E-state index contributed by atoms with van der Waals surface area (Å²) in [7, 11) is -0.966. The summed E-state index contributed by atoms with van der Waals surface area (Å²) in [6, 6.07) is 6.00. The number of benzene rings is 1. The third kappa shape index (κ3) is 6.33. The maximum absolute atomic E-state index is 11.7. The summed E-state index contributed by atoms with van der Waals surface area (Å²) in [6.07, 6.45) is 1.53. The minimum absolute atomic E-state index is 0.0498. The lowest BCUT2D eigenvalue weighted by molar-refractivity contribution is -0.136. The highest BCUT2D eigenvalue weighted by molar-refractivity contribution is 7.84. The Labute approximate surface area is 120 Å². The Morgan fingerprint density at radius 1 is 1.30 bits per heavy atom. The molecular formula is C13H18N2O4S. The lowest BCUT2D eigenvalue weighted by Crippen LogP contribution is -2.39. The Hall–Kier alpha value is -1.89. The summed E-state index contributed by atoms with van der Waals surface area (Å²) < 4.78 is 11.0. The highest BCUT2D eigenvalue weighted by atomic mass is 32.2. The molecular weight excluding hydrogens is 280 g/mol. The first-order valence-electron chi connectivity index (χ1n) is 6.05. The molecule has 7 heteroatoms. The minimum atomic E-state index is -0.966. The average Bonchev–Trinajstić information content (AvgIpc) is 2.29. The molecule has 1 aromatic rings. The highest BCUT2D eigenvalue weighted by Crippen LogP contribution is 2.10. The van der Waals surface area contributed by atoms with Gasteiger partial charge >= 0.3 is 12.0 Å². The van der Waals surface area contributed by atoms with E-state index >= 15 is 0 Å². The van der Waals surface area contributed by atoms with Gasteiger partial charge < -0.3 is 15.7 Å². The van der Waals surface area contributed by atoms with Crippen molar-refractivity contribution in [2.45, 2.75) is 19.4 Å². The van der Waals surface area contributed by atoms with E-state index in [1.807, 2.05) is 0 Å². The Kier molecular flexibility index (Phi) is 6.17. The van der Waals surface area contributed by atoms with Crippen LogP contribution in [0.3, 0.4) is 0 Å². The first-order chi connectivity index (χ1) is 9.36. The number of carbonyl (C=O) groups excluding carboxylic acids is 1. The molecule has 0 aliphatic heterocycles. The van der Waals surface area contributed by atoms with Crippen LogP contribution < -0.4 is 10.6 Å². The molecule has 0 aromatic heterocycles. The lowest BCUT2D eigenvalue weighted by Gasteiger charge is -2.13. The number of carboxylic acids is 1. The zero-order valence-electron chi connectivity index (χ0n) is 11.4. The molecule has 3 N–H and O–H groups in total. The third-order valence-electron chi connectivity index (χ3n) is 2.43. The standard InChI is InChI=1S/C13H18N2O4S/c1-9(8-20(2)19)14-13(18)15-11-5-3-10(4-6-11)7-12(16)17/h3-6,9H,7-8H2,1-2H3,(H,16,17)(H2,14,15,18). The number of anilines is 1. The van der Waals surface area contributed by atoms with Gasteiger partial charge in [0.2, 0.25) is 0 Å².